The molecule has 0 aliphatic carbocycles. The van der Waals surface area contributed by atoms with Gasteiger partial charge in [-0.15, -0.1) is 0 Å². The number of halogens is 1. The van der Waals surface area contributed by atoms with Crippen molar-refractivity contribution in [2.75, 3.05) is 0 Å². The summed E-state index contributed by atoms with van der Waals surface area (Å²) >= 11 is 6.25. The maximum absolute atomic E-state index is 13.0. The van der Waals surface area contributed by atoms with Gasteiger partial charge >= 0.3 is 5.97 Å². The number of amides is 1. The molecule has 3 aromatic rings. The van der Waals surface area contributed by atoms with Crippen molar-refractivity contribution in [2.45, 2.75) is 72.3 Å². The second-order valence-electron chi connectivity index (χ2n) is 9.56. The van der Waals surface area contributed by atoms with Crippen molar-refractivity contribution in [3.8, 4) is 0 Å². The number of carbonyl (C=O) groups is 2. The molecule has 0 saturated heterocycles. The molecule has 37 heavy (non-hydrogen) atoms. The Kier molecular flexibility index (Phi) is 10.7. The Bertz CT molecular complexity index is 1160. The standard InChI is InChI=1S/C29H36ClN3O4/c1-4-5-11-26-32-27(30)25(18-34)33(26)17-21-12-14-23(15-13-21)28(35)31-24(16-20(2)3)29(36)37-19-22-9-7-6-8-10-22/h6-10,12-15,20,24,34H,4-5,11,16-19H2,1-3H3,(H,31,35)/t24-/m0/s1. The van der Waals surface area contributed by atoms with Crippen LogP contribution in [-0.4, -0.2) is 32.6 Å². The predicted octanol–water partition coefficient (Wildman–Crippen LogP) is 5.31. The summed E-state index contributed by atoms with van der Waals surface area (Å²) in [4.78, 5) is 30.2. The average Bonchev–Trinajstić information content (AvgIpc) is 3.19. The zero-order valence-electron chi connectivity index (χ0n) is 21.7. The second kappa shape index (κ2) is 14.0. The highest BCUT2D eigenvalue weighted by Crippen LogP contribution is 2.21. The summed E-state index contributed by atoms with van der Waals surface area (Å²) in [5.74, 6) is 0.250. The van der Waals surface area contributed by atoms with E-state index < -0.39 is 12.0 Å². The van der Waals surface area contributed by atoms with Gasteiger partial charge in [-0.2, -0.15) is 0 Å². The normalized spacial score (nSPS) is 11.9. The van der Waals surface area contributed by atoms with Gasteiger partial charge in [0.2, 0.25) is 0 Å². The van der Waals surface area contributed by atoms with E-state index in [0.717, 1.165) is 36.2 Å². The van der Waals surface area contributed by atoms with Crippen LogP contribution in [0.4, 0.5) is 0 Å². The fourth-order valence-corrected chi connectivity index (χ4v) is 4.33. The van der Waals surface area contributed by atoms with Crippen LogP contribution in [0.1, 0.15) is 73.0 Å². The number of hydrogen-bond acceptors (Lipinski definition) is 5. The number of esters is 1. The van der Waals surface area contributed by atoms with Crippen LogP contribution in [0.5, 0.6) is 0 Å². The Balaban J connectivity index is 1.67. The monoisotopic (exact) mass is 525 g/mol. The Morgan fingerprint density at radius 1 is 1.08 bits per heavy atom. The molecule has 0 fully saturated rings. The van der Waals surface area contributed by atoms with Crippen molar-refractivity contribution in [3.63, 3.8) is 0 Å². The van der Waals surface area contributed by atoms with E-state index in [0.29, 0.717) is 29.4 Å². The molecule has 1 amide bonds. The predicted molar refractivity (Wildman–Crippen MR) is 144 cm³/mol. The molecule has 8 heteroatoms. The van der Waals surface area contributed by atoms with Crippen molar-refractivity contribution in [2.24, 2.45) is 5.92 Å². The van der Waals surface area contributed by atoms with E-state index in [9.17, 15) is 14.7 Å². The molecule has 2 aromatic carbocycles. The number of nitrogens with one attached hydrogen (secondary N) is 1. The minimum atomic E-state index is -0.739. The molecule has 3 rings (SSSR count). The first-order valence-electron chi connectivity index (χ1n) is 12.8. The summed E-state index contributed by atoms with van der Waals surface area (Å²) in [6.45, 7) is 6.55. The SMILES string of the molecule is CCCCc1nc(Cl)c(CO)n1Cc1ccc(C(=O)N[C@@H](CC(C)C)C(=O)OCc2ccccc2)cc1. The molecule has 0 spiro atoms. The molecule has 0 radical (unpaired) electrons. The number of rotatable bonds is 13. The van der Waals surface area contributed by atoms with Crippen LogP contribution in [0.2, 0.25) is 5.15 Å². The molecule has 7 nitrogen and oxygen atoms in total. The third kappa shape index (κ3) is 8.17. The van der Waals surface area contributed by atoms with Gasteiger partial charge < -0.3 is 19.7 Å². The number of unbranched alkanes of at least 4 members (excludes halogenated alkanes) is 1. The first-order valence-corrected chi connectivity index (χ1v) is 13.1. The molecule has 1 aromatic heterocycles. The highest BCUT2D eigenvalue weighted by atomic mass is 35.5. The van der Waals surface area contributed by atoms with Crippen LogP contribution in [0, 0.1) is 5.92 Å². The Hall–Kier alpha value is -3.16. The largest absolute Gasteiger partial charge is 0.459 e. The smallest absolute Gasteiger partial charge is 0.328 e. The summed E-state index contributed by atoms with van der Waals surface area (Å²) in [5, 5.41) is 13.0. The number of aliphatic hydroxyl groups excluding tert-OH is 1. The third-order valence-electron chi connectivity index (χ3n) is 6.08. The average molecular weight is 526 g/mol. The van der Waals surface area contributed by atoms with Crippen molar-refractivity contribution in [1.29, 1.82) is 0 Å². The van der Waals surface area contributed by atoms with Crippen LogP contribution in [0.3, 0.4) is 0 Å². The second-order valence-corrected chi connectivity index (χ2v) is 9.92. The quantitative estimate of drug-likeness (QED) is 0.295. The fourth-order valence-electron chi connectivity index (χ4n) is 4.07. The van der Waals surface area contributed by atoms with Crippen molar-refractivity contribution >= 4 is 23.5 Å². The minimum Gasteiger partial charge on any atom is -0.459 e. The van der Waals surface area contributed by atoms with Gasteiger partial charge in [-0.25, -0.2) is 9.78 Å². The Labute approximate surface area is 223 Å². The zero-order valence-corrected chi connectivity index (χ0v) is 22.5. The van der Waals surface area contributed by atoms with E-state index in [1.54, 1.807) is 12.1 Å². The third-order valence-corrected chi connectivity index (χ3v) is 6.39. The summed E-state index contributed by atoms with van der Waals surface area (Å²) in [6, 6.07) is 15.9. The van der Waals surface area contributed by atoms with Crippen LogP contribution in [0.25, 0.3) is 0 Å². The lowest BCUT2D eigenvalue weighted by Gasteiger charge is -2.19. The number of nitrogens with zero attached hydrogens (tertiary/aromatic N) is 2. The maximum atomic E-state index is 13.0. The number of benzene rings is 2. The highest BCUT2D eigenvalue weighted by Gasteiger charge is 2.24. The molecule has 0 saturated carbocycles. The molecule has 198 valence electrons. The van der Waals surface area contributed by atoms with Gasteiger partial charge in [0.15, 0.2) is 5.15 Å². The van der Waals surface area contributed by atoms with E-state index >= 15 is 0 Å². The van der Waals surface area contributed by atoms with Crippen molar-refractivity contribution < 1.29 is 19.4 Å². The van der Waals surface area contributed by atoms with Crippen molar-refractivity contribution in [1.82, 2.24) is 14.9 Å². The first-order chi connectivity index (χ1) is 17.8. The lowest BCUT2D eigenvalue weighted by molar-refractivity contribution is -0.147. The number of hydrogen-bond donors (Lipinski definition) is 2. The zero-order chi connectivity index (χ0) is 26.8. The lowest BCUT2D eigenvalue weighted by Crippen LogP contribution is -2.42. The van der Waals surface area contributed by atoms with E-state index in [2.05, 4.69) is 17.2 Å². The van der Waals surface area contributed by atoms with Gasteiger partial charge in [-0.3, -0.25) is 4.79 Å². The van der Waals surface area contributed by atoms with Gasteiger partial charge in [0.25, 0.3) is 5.91 Å². The summed E-state index contributed by atoms with van der Waals surface area (Å²) in [7, 11) is 0. The van der Waals surface area contributed by atoms with E-state index in [-0.39, 0.29) is 25.0 Å². The van der Waals surface area contributed by atoms with E-state index in [1.165, 1.54) is 0 Å². The molecule has 0 aliphatic heterocycles. The highest BCUT2D eigenvalue weighted by molar-refractivity contribution is 6.30. The number of aliphatic hydroxyl groups is 1. The number of ether oxygens (including phenoxy) is 1. The summed E-state index contributed by atoms with van der Waals surface area (Å²) < 4.78 is 7.42. The summed E-state index contributed by atoms with van der Waals surface area (Å²) in [5.41, 5.74) is 2.87. The number of aromatic nitrogens is 2. The Morgan fingerprint density at radius 3 is 2.41 bits per heavy atom. The van der Waals surface area contributed by atoms with Crippen LogP contribution < -0.4 is 5.32 Å². The first kappa shape index (κ1) is 28.4. The maximum Gasteiger partial charge on any atom is 0.328 e. The topological polar surface area (TPSA) is 93.5 Å². The molecular formula is C29H36ClN3O4. The molecule has 0 aliphatic rings. The molecule has 1 heterocycles. The van der Waals surface area contributed by atoms with Gasteiger partial charge in [0.05, 0.1) is 12.3 Å². The van der Waals surface area contributed by atoms with Gasteiger partial charge in [-0.1, -0.05) is 81.3 Å². The molecule has 1 atom stereocenters. The van der Waals surface area contributed by atoms with Gasteiger partial charge in [0, 0.05) is 18.5 Å². The van der Waals surface area contributed by atoms with Crippen molar-refractivity contribution in [3.05, 3.63) is 88.0 Å². The number of aryl methyl sites for hydroxylation is 1. The van der Waals surface area contributed by atoms with E-state index in [4.69, 9.17) is 16.3 Å². The lowest BCUT2D eigenvalue weighted by atomic mass is 10.0. The number of carbonyl (C=O) groups excluding carboxylic acids is 2. The molecule has 0 unspecified atom stereocenters. The fraction of sp³-hybridized carbons (Fsp3) is 0.414. The van der Waals surface area contributed by atoms with Gasteiger partial charge in [-0.05, 0) is 42.0 Å². The summed E-state index contributed by atoms with van der Waals surface area (Å²) in [6.07, 6.45) is 3.25. The van der Waals surface area contributed by atoms with Crippen LogP contribution in [-0.2, 0) is 35.7 Å². The minimum absolute atomic E-state index is 0.160. The van der Waals surface area contributed by atoms with Crippen LogP contribution in [0.15, 0.2) is 54.6 Å². The Morgan fingerprint density at radius 2 is 1.78 bits per heavy atom. The van der Waals surface area contributed by atoms with Crippen LogP contribution >= 0.6 is 11.6 Å². The van der Waals surface area contributed by atoms with Gasteiger partial charge in [0.1, 0.15) is 18.5 Å². The number of imidazole rings is 1. The molecular weight excluding hydrogens is 490 g/mol. The molecule has 2 N–H and O–H groups in total. The van der Waals surface area contributed by atoms with E-state index in [1.807, 2.05) is 60.9 Å². The molecule has 0 bridgehead atoms.